The SMILES string of the molecule is CC(C)c1ccc(C(=O)O)c(OC(F)(F)F)c1. The molecule has 0 amide bonds. The van der Waals surface area contributed by atoms with Crippen LogP contribution in [0.15, 0.2) is 18.2 Å². The van der Waals surface area contributed by atoms with E-state index in [1.165, 1.54) is 6.07 Å². The van der Waals surface area contributed by atoms with Crippen LogP contribution in [-0.2, 0) is 0 Å². The fraction of sp³-hybridized carbons (Fsp3) is 0.364. The minimum absolute atomic E-state index is 0.0200. The molecular weight excluding hydrogens is 237 g/mol. The van der Waals surface area contributed by atoms with Crippen molar-refractivity contribution in [2.45, 2.75) is 26.1 Å². The molecule has 0 aliphatic carbocycles. The molecule has 0 unspecified atom stereocenters. The molecule has 17 heavy (non-hydrogen) atoms. The average Bonchev–Trinajstić information content (AvgIpc) is 2.14. The fourth-order valence-electron chi connectivity index (χ4n) is 1.28. The lowest BCUT2D eigenvalue weighted by Crippen LogP contribution is -2.19. The summed E-state index contributed by atoms with van der Waals surface area (Å²) < 4.78 is 40.0. The molecule has 94 valence electrons. The minimum atomic E-state index is -4.90. The smallest absolute Gasteiger partial charge is 0.478 e. The van der Waals surface area contributed by atoms with E-state index >= 15 is 0 Å². The van der Waals surface area contributed by atoms with Gasteiger partial charge < -0.3 is 9.84 Å². The predicted octanol–water partition coefficient (Wildman–Crippen LogP) is 3.41. The maximum Gasteiger partial charge on any atom is 0.573 e. The zero-order valence-corrected chi connectivity index (χ0v) is 9.21. The Hall–Kier alpha value is -1.72. The molecule has 0 atom stereocenters. The summed E-state index contributed by atoms with van der Waals surface area (Å²) >= 11 is 0. The Morgan fingerprint density at radius 1 is 1.35 bits per heavy atom. The largest absolute Gasteiger partial charge is 0.573 e. The fourth-order valence-corrected chi connectivity index (χ4v) is 1.28. The second-order valence-corrected chi connectivity index (χ2v) is 3.76. The van der Waals surface area contributed by atoms with Crippen LogP contribution in [0.25, 0.3) is 0 Å². The number of ether oxygens (including phenoxy) is 1. The molecule has 0 bridgehead atoms. The van der Waals surface area contributed by atoms with Crippen LogP contribution in [0.1, 0.15) is 35.7 Å². The zero-order chi connectivity index (χ0) is 13.2. The number of alkyl halides is 3. The van der Waals surface area contributed by atoms with Crippen molar-refractivity contribution in [1.82, 2.24) is 0 Å². The van der Waals surface area contributed by atoms with Crippen molar-refractivity contribution in [2.75, 3.05) is 0 Å². The third-order valence-electron chi connectivity index (χ3n) is 2.13. The van der Waals surface area contributed by atoms with Gasteiger partial charge in [0, 0.05) is 0 Å². The molecule has 0 aromatic heterocycles. The molecule has 1 aromatic carbocycles. The number of benzene rings is 1. The summed E-state index contributed by atoms with van der Waals surface area (Å²) in [5.41, 5.74) is 0.0703. The Balaban J connectivity index is 3.21. The van der Waals surface area contributed by atoms with E-state index in [0.717, 1.165) is 12.1 Å². The number of hydrogen-bond acceptors (Lipinski definition) is 2. The number of hydrogen-bond donors (Lipinski definition) is 1. The predicted molar refractivity (Wildman–Crippen MR) is 54.2 cm³/mol. The van der Waals surface area contributed by atoms with E-state index in [-0.39, 0.29) is 5.92 Å². The maximum absolute atomic E-state index is 12.1. The average molecular weight is 248 g/mol. The van der Waals surface area contributed by atoms with E-state index in [1.54, 1.807) is 13.8 Å². The number of carboxylic acid groups (broad SMARTS) is 1. The number of carboxylic acids is 1. The normalized spacial score (nSPS) is 11.6. The van der Waals surface area contributed by atoms with Gasteiger partial charge in [0.2, 0.25) is 0 Å². The van der Waals surface area contributed by atoms with Crippen LogP contribution in [0.5, 0.6) is 5.75 Å². The van der Waals surface area contributed by atoms with E-state index in [9.17, 15) is 18.0 Å². The van der Waals surface area contributed by atoms with E-state index < -0.39 is 23.6 Å². The highest BCUT2D eigenvalue weighted by Gasteiger charge is 2.33. The van der Waals surface area contributed by atoms with Crippen LogP contribution >= 0.6 is 0 Å². The molecule has 1 rings (SSSR count). The minimum Gasteiger partial charge on any atom is -0.478 e. The van der Waals surface area contributed by atoms with Crippen molar-refractivity contribution in [3.05, 3.63) is 29.3 Å². The third-order valence-corrected chi connectivity index (χ3v) is 2.13. The zero-order valence-electron chi connectivity index (χ0n) is 9.21. The molecule has 0 radical (unpaired) electrons. The third kappa shape index (κ3) is 3.65. The monoisotopic (exact) mass is 248 g/mol. The van der Waals surface area contributed by atoms with Gasteiger partial charge in [0.15, 0.2) is 0 Å². The van der Waals surface area contributed by atoms with Crippen LogP contribution in [0.3, 0.4) is 0 Å². The molecule has 0 fully saturated rings. The summed E-state index contributed by atoms with van der Waals surface area (Å²) in [4.78, 5) is 10.7. The Bertz CT molecular complexity index is 424. The molecule has 3 nitrogen and oxygen atoms in total. The molecule has 1 aromatic rings. The standard InChI is InChI=1S/C11H11F3O3/c1-6(2)7-3-4-8(10(15)16)9(5-7)17-11(12,13)14/h3-6H,1-2H3,(H,15,16). The van der Waals surface area contributed by atoms with Gasteiger partial charge in [-0.1, -0.05) is 19.9 Å². The van der Waals surface area contributed by atoms with Gasteiger partial charge in [-0.2, -0.15) is 0 Å². The number of carbonyl (C=O) groups is 1. The Morgan fingerprint density at radius 2 is 1.94 bits per heavy atom. The van der Waals surface area contributed by atoms with Gasteiger partial charge in [0.05, 0.1) is 0 Å². The Morgan fingerprint density at radius 3 is 2.35 bits per heavy atom. The summed E-state index contributed by atoms with van der Waals surface area (Å²) in [7, 11) is 0. The quantitative estimate of drug-likeness (QED) is 0.891. The highest BCUT2D eigenvalue weighted by Crippen LogP contribution is 2.29. The molecule has 0 spiro atoms. The van der Waals surface area contributed by atoms with Crippen LogP contribution in [-0.4, -0.2) is 17.4 Å². The van der Waals surface area contributed by atoms with Crippen molar-refractivity contribution in [1.29, 1.82) is 0 Å². The summed E-state index contributed by atoms with van der Waals surface area (Å²) in [6.07, 6.45) is -4.90. The first-order chi connectivity index (χ1) is 7.70. The molecule has 0 aliphatic heterocycles. The molecule has 0 saturated heterocycles. The van der Waals surface area contributed by atoms with Crippen molar-refractivity contribution < 1.29 is 27.8 Å². The first-order valence-electron chi connectivity index (χ1n) is 4.83. The summed E-state index contributed by atoms with van der Waals surface area (Å²) in [6.45, 7) is 3.57. The van der Waals surface area contributed by atoms with E-state index in [4.69, 9.17) is 5.11 Å². The van der Waals surface area contributed by atoms with Gasteiger partial charge in [0.25, 0.3) is 0 Å². The van der Waals surface area contributed by atoms with Crippen LogP contribution in [0.2, 0.25) is 0 Å². The molecule has 0 heterocycles. The van der Waals surface area contributed by atoms with Gasteiger partial charge in [-0.15, -0.1) is 13.2 Å². The van der Waals surface area contributed by atoms with Crippen molar-refractivity contribution in [3.8, 4) is 5.75 Å². The van der Waals surface area contributed by atoms with Crippen LogP contribution < -0.4 is 4.74 Å². The highest BCUT2D eigenvalue weighted by atomic mass is 19.4. The second-order valence-electron chi connectivity index (χ2n) is 3.76. The first-order valence-corrected chi connectivity index (χ1v) is 4.83. The van der Waals surface area contributed by atoms with Gasteiger partial charge in [-0.05, 0) is 23.6 Å². The van der Waals surface area contributed by atoms with Gasteiger partial charge in [-0.25, -0.2) is 4.79 Å². The Kier molecular flexibility index (Phi) is 3.65. The molecule has 0 saturated carbocycles. The van der Waals surface area contributed by atoms with E-state index in [1.807, 2.05) is 0 Å². The summed E-state index contributed by atoms with van der Waals surface area (Å²) in [6, 6.07) is 3.68. The summed E-state index contributed by atoms with van der Waals surface area (Å²) in [5, 5.41) is 8.74. The number of rotatable bonds is 3. The highest BCUT2D eigenvalue weighted by molar-refractivity contribution is 5.91. The van der Waals surface area contributed by atoms with E-state index in [0.29, 0.717) is 5.56 Å². The lowest BCUT2D eigenvalue weighted by molar-refractivity contribution is -0.274. The van der Waals surface area contributed by atoms with Crippen molar-refractivity contribution >= 4 is 5.97 Å². The lowest BCUT2D eigenvalue weighted by atomic mass is 10.0. The van der Waals surface area contributed by atoms with Crippen LogP contribution in [0.4, 0.5) is 13.2 Å². The molecule has 0 aliphatic rings. The van der Waals surface area contributed by atoms with Crippen molar-refractivity contribution in [2.24, 2.45) is 0 Å². The maximum atomic E-state index is 12.1. The van der Waals surface area contributed by atoms with Gasteiger partial charge in [-0.3, -0.25) is 0 Å². The summed E-state index contributed by atoms with van der Waals surface area (Å²) in [5.74, 6) is -2.16. The van der Waals surface area contributed by atoms with Gasteiger partial charge in [0.1, 0.15) is 11.3 Å². The van der Waals surface area contributed by atoms with Gasteiger partial charge >= 0.3 is 12.3 Å². The molecule has 1 N–H and O–H groups in total. The van der Waals surface area contributed by atoms with Crippen LogP contribution in [0, 0.1) is 0 Å². The van der Waals surface area contributed by atoms with E-state index in [2.05, 4.69) is 4.74 Å². The Labute approximate surface area is 95.8 Å². The second kappa shape index (κ2) is 4.65. The topological polar surface area (TPSA) is 46.5 Å². The molecular formula is C11H11F3O3. The number of halogens is 3. The number of aromatic carboxylic acids is 1. The first kappa shape index (κ1) is 13.3. The molecule has 6 heteroatoms. The lowest BCUT2D eigenvalue weighted by Gasteiger charge is -2.14. The van der Waals surface area contributed by atoms with Crippen molar-refractivity contribution in [3.63, 3.8) is 0 Å².